The van der Waals surface area contributed by atoms with Gasteiger partial charge in [0.05, 0.1) is 28.7 Å². The van der Waals surface area contributed by atoms with Crippen LogP contribution in [0.3, 0.4) is 0 Å². The minimum absolute atomic E-state index is 0.120. The van der Waals surface area contributed by atoms with Gasteiger partial charge in [0.2, 0.25) is 0 Å². The van der Waals surface area contributed by atoms with Crippen LogP contribution in [0.15, 0.2) is 72.5 Å². The summed E-state index contributed by atoms with van der Waals surface area (Å²) >= 11 is 0. The number of hydrogen-bond donors (Lipinski definition) is 2. The molecule has 2 bridgehead atoms. The summed E-state index contributed by atoms with van der Waals surface area (Å²) in [6.45, 7) is 2.56. The van der Waals surface area contributed by atoms with E-state index in [4.69, 9.17) is 14.2 Å². The third-order valence-corrected chi connectivity index (χ3v) is 9.41. The lowest BCUT2D eigenvalue weighted by Crippen LogP contribution is -2.74. The minimum atomic E-state index is -1.16. The number of likely N-dealkylation sites (tertiary alicyclic amines) is 1. The first-order valence-electron chi connectivity index (χ1n) is 13.9. The Bertz CT molecular complexity index is 1600. The van der Waals surface area contributed by atoms with E-state index in [1.54, 1.807) is 48.5 Å². The number of likely N-dealkylation sites (N-methyl/N-ethyl adjacent to an activating group) is 1. The molecule has 7 rings (SSSR count). The molecule has 8 nitrogen and oxygen atoms in total. The Hall–Kier alpha value is -3.98. The molecule has 1 spiro atoms. The second kappa shape index (κ2) is 9.27. The molecule has 2 aliphatic heterocycles. The summed E-state index contributed by atoms with van der Waals surface area (Å²) in [6, 6.07) is 17.3. The number of aliphatic hydroxyl groups is 2. The van der Waals surface area contributed by atoms with Gasteiger partial charge in [-0.15, -0.1) is 0 Å². The summed E-state index contributed by atoms with van der Waals surface area (Å²) in [7, 11) is 2.03. The van der Waals surface area contributed by atoms with Crippen molar-refractivity contribution in [2.45, 2.75) is 56.0 Å². The van der Waals surface area contributed by atoms with Gasteiger partial charge in [-0.3, -0.25) is 0 Å². The summed E-state index contributed by atoms with van der Waals surface area (Å²) in [5, 5.41) is 21.8. The predicted octanol–water partition coefficient (Wildman–Crippen LogP) is 3.84. The summed E-state index contributed by atoms with van der Waals surface area (Å²) in [5.74, 6) is -0.0164. The number of carbonyl (C=O) groups excluding carboxylic acids is 2. The second-order valence-electron chi connectivity index (χ2n) is 11.6. The van der Waals surface area contributed by atoms with Crippen molar-refractivity contribution in [1.82, 2.24) is 4.90 Å². The Kier molecular flexibility index (Phi) is 5.87. The van der Waals surface area contributed by atoms with E-state index in [1.165, 1.54) is 0 Å². The maximum absolute atomic E-state index is 13.2. The number of carbonyl (C=O) groups is 2. The summed E-state index contributed by atoms with van der Waals surface area (Å²) in [6.07, 6.45) is 2.53. The fourth-order valence-electron chi connectivity index (χ4n) is 7.27. The Morgan fingerprint density at radius 1 is 1.00 bits per heavy atom. The molecular weight excluding hydrogens is 522 g/mol. The largest absolute Gasteiger partial charge is 0.477 e. The van der Waals surface area contributed by atoms with E-state index in [0.717, 1.165) is 23.2 Å². The van der Waals surface area contributed by atoms with Crippen molar-refractivity contribution in [2.24, 2.45) is 0 Å². The van der Waals surface area contributed by atoms with Gasteiger partial charge < -0.3 is 29.3 Å². The zero-order valence-electron chi connectivity index (χ0n) is 22.9. The van der Waals surface area contributed by atoms with Crippen molar-refractivity contribution in [3.05, 3.63) is 106 Å². The molecule has 0 radical (unpaired) electrons. The minimum Gasteiger partial charge on any atom is -0.477 e. The van der Waals surface area contributed by atoms with E-state index in [2.05, 4.69) is 4.90 Å². The van der Waals surface area contributed by atoms with Crippen molar-refractivity contribution < 1.29 is 34.0 Å². The van der Waals surface area contributed by atoms with E-state index in [1.807, 2.05) is 32.2 Å². The molecule has 2 heterocycles. The molecule has 8 heteroatoms. The van der Waals surface area contributed by atoms with Crippen molar-refractivity contribution in [3.8, 4) is 11.5 Å². The molecule has 4 atom stereocenters. The van der Waals surface area contributed by atoms with Crippen molar-refractivity contribution >= 4 is 11.9 Å². The lowest BCUT2D eigenvalue weighted by Gasteiger charge is -2.61. The van der Waals surface area contributed by atoms with Crippen LogP contribution in [0.4, 0.5) is 0 Å². The zero-order chi connectivity index (χ0) is 28.5. The maximum atomic E-state index is 13.2. The van der Waals surface area contributed by atoms with Crippen LogP contribution in [0.5, 0.6) is 11.5 Å². The van der Waals surface area contributed by atoms with Crippen LogP contribution in [0.25, 0.3) is 0 Å². The summed E-state index contributed by atoms with van der Waals surface area (Å²) < 4.78 is 18.5. The molecule has 210 valence electrons. The first-order valence-corrected chi connectivity index (χ1v) is 13.9. The Morgan fingerprint density at radius 3 is 2.39 bits per heavy atom. The van der Waals surface area contributed by atoms with E-state index in [-0.39, 0.29) is 18.4 Å². The van der Waals surface area contributed by atoms with E-state index in [0.29, 0.717) is 47.5 Å². The number of hydrogen-bond acceptors (Lipinski definition) is 8. The molecule has 3 unspecified atom stereocenters. The number of nitrogens with zero attached hydrogens (tertiary/aromatic N) is 1. The molecule has 0 aromatic heterocycles. The van der Waals surface area contributed by atoms with E-state index < -0.39 is 29.1 Å². The molecule has 4 aliphatic rings. The molecular formula is C33H31NO7. The van der Waals surface area contributed by atoms with Crippen LogP contribution >= 0.6 is 0 Å². The van der Waals surface area contributed by atoms with Crippen molar-refractivity contribution in [1.29, 1.82) is 0 Å². The lowest BCUT2D eigenvalue weighted by atomic mass is 9.50. The highest BCUT2D eigenvalue weighted by atomic mass is 16.6. The second-order valence-corrected chi connectivity index (χ2v) is 11.6. The quantitative estimate of drug-likeness (QED) is 0.363. The van der Waals surface area contributed by atoms with Crippen molar-refractivity contribution in [2.75, 3.05) is 13.6 Å². The van der Waals surface area contributed by atoms with Crippen LogP contribution in [0.1, 0.15) is 55.8 Å². The smallest absolute Gasteiger partial charge is 0.343 e. The molecule has 2 aliphatic carbocycles. The summed E-state index contributed by atoms with van der Waals surface area (Å²) in [4.78, 5) is 28.5. The van der Waals surface area contributed by atoms with Crippen LogP contribution < -0.4 is 9.47 Å². The number of ether oxygens (including phenoxy) is 3. The monoisotopic (exact) mass is 553 g/mol. The van der Waals surface area contributed by atoms with Gasteiger partial charge >= 0.3 is 11.9 Å². The standard InChI is InChI=1S/C33H31NO7/c1-19-3-7-21(8-4-19)31(37)40-25-13-14-33(38)26-17-23-11-12-24(39-30(36)22-9-5-20(18-35)6-10-22)28-27(23)32(33,29(25)41-28)15-16-34(26)2/h3-13,26,29,35,38H,14-18H2,1-2H3/t26?,29?,32?,33-/m1/s1. The SMILES string of the molecule is Cc1ccc(C(=O)OC2=CC[C@@]3(O)C4Cc5ccc(OC(=O)c6ccc(CO)cc6)c6c5C3(CCN4C)C2O6)cc1. The zero-order valence-corrected chi connectivity index (χ0v) is 22.9. The van der Waals surface area contributed by atoms with Crippen LogP contribution in [0.2, 0.25) is 0 Å². The lowest BCUT2D eigenvalue weighted by molar-refractivity contribution is -0.163. The number of benzene rings is 3. The number of rotatable bonds is 5. The van der Waals surface area contributed by atoms with Gasteiger partial charge in [-0.1, -0.05) is 35.9 Å². The maximum Gasteiger partial charge on any atom is 0.343 e. The van der Waals surface area contributed by atoms with Crippen LogP contribution in [-0.2, 0) is 23.2 Å². The van der Waals surface area contributed by atoms with E-state index in [9.17, 15) is 19.8 Å². The summed E-state index contributed by atoms with van der Waals surface area (Å²) in [5.41, 5.74) is 2.34. The van der Waals surface area contributed by atoms with Gasteiger partial charge in [0.1, 0.15) is 5.76 Å². The normalized spacial score (nSPS) is 27.4. The molecule has 2 N–H and O–H groups in total. The first kappa shape index (κ1) is 26.0. The fourth-order valence-corrected chi connectivity index (χ4v) is 7.27. The average molecular weight is 554 g/mol. The average Bonchev–Trinajstić information content (AvgIpc) is 3.34. The number of esters is 2. The fraction of sp³-hybridized carbons (Fsp3) is 0.333. The van der Waals surface area contributed by atoms with Gasteiger partial charge in [-0.25, -0.2) is 9.59 Å². The van der Waals surface area contributed by atoms with Gasteiger partial charge in [0, 0.05) is 18.0 Å². The number of aliphatic hydroxyl groups excluding tert-OH is 1. The molecule has 3 aromatic carbocycles. The Balaban J connectivity index is 1.29. The third kappa shape index (κ3) is 3.71. The molecule has 41 heavy (non-hydrogen) atoms. The van der Waals surface area contributed by atoms with E-state index >= 15 is 0 Å². The molecule has 0 saturated carbocycles. The van der Waals surface area contributed by atoms with Gasteiger partial charge in [-0.05, 0) is 80.9 Å². The van der Waals surface area contributed by atoms with Crippen LogP contribution in [0, 0.1) is 6.92 Å². The van der Waals surface area contributed by atoms with Crippen molar-refractivity contribution in [3.63, 3.8) is 0 Å². The van der Waals surface area contributed by atoms with Gasteiger partial charge in [0.25, 0.3) is 0 Å². The predicted molar refractivity (Wildman–Crippen MR) is 149 cm³/mol. The van der Waals surface area contributed by atoms with Gasteiger partial charge in [-0.2, -0.15) is 0 Å². The highest BCUT2D eigenvalue weighted by molar-refractivity contribution is 5.92. The van der Waals surface area contributed by atoms with Crippen LogP contribution in [-0.4, -0.2) is 58.4 Å². The highest BCUT2D eigenvalue weighted by Gasteiger charge is 2.72. The Labute approximate surface area is 237 Å². The number of aryl methyl sites for hydroxylation is 1. The molecule has 1 fully saturated rings. The van der Waals surface area contributed by atoms with Gasteiger partial charge in [0.15, 0.2) is 17.6 Å². The molecule has 3 aromatic rings. The number of piperidine rings is 1. The Morgan fingerprint density at radius 2 is 1.68 bits per heavy atom. The molecule has 1 saturated heterocycles. The third-order valence-electron chi connectivity index (χ3n) is 9.41. The first-order chi connectivity index (χ1) is 19.7. The topological polar surface area (TPSA) is 106 Å². The molecule has 0 amide bonds. The highest BCUT2D eigenvalue weighted by Crippen LogP contribution is 2.65.